The summed E-state index contributed by atoms with van der Waals surface area (Å²) in [5, 5.41) is 0. The Morgan fingerprint density at radius 1 is 1.07 bits per heavy atom. The summed E-state index contributed by atoms with van der Waals surface area (Å²) in [5.41, 5.74) is 1.63. The van der Waals surface area contributed by atoms with Crippen molar-refractivity contribution in [2.45, 2.75) is 6.42 Å². The summed E-state index contributed by atoms with van der Waals surface area (Å²) in [6.45, 7) is 0. The van der Waals surface area contributed by atoms with Gasteiger partial charge in [-0.05, 0) is 12.1 Å². The molecule has 15 heavy (non-hydrogen) atoms. The van der Waals surface area contributed by atoms with Gasteiger partial charge < -0.3 is 0 Å². The molecule has 0 unspecified atom stereocenters. The standard InChI is InChI=1S/C14H10O/c15-14(13-9-5-2-6-10-13)11-12-7-3-1-4-8-12/h1-3,5-7,9-10H,11H2. The quantitative estimate of drug-likeness (QED) is 0.686. The first-order valence-electron chi connectivity index (χ1n) is 4.82. The molecule has 72 valence electrons. The largest absolute Gasteiger partial charge is 0.294 e. The molecule has 0 N–H and O–H groups in total. The molecular weight excluding hydrogens is 184 g/mol. The van der Waals surface area contributed by atoms with Crippen molar-refractivity contribution in [1.82, 2.24) is 0 Å². The Kier molecular flexibility index (Phi) is 2.80. The summed E-state index contributed by atoms with van der Waals surface area (Å²) < 4.78 is 0. The molecule has 1 nitrogen and oxygen atoms in total. The Hall–Kier alpha value is -2.07. The average molecular weight is 194 g/mol. The van der Waals surface area contributed by atoms with Gasteiger partial charge in [0, 0.05) is 17.5 Å². The third-order valence-corrected chi connectivity index (χ3v) is 2.16. The van der Waals surface area contributed by atoms with E-state index in [-0.39, 0.29) is 5.78 Å². The van der Waals surface area contributed by atoms with Crippen molar-refractivity contribution >= 4 is 5.78 Å². The summed E-state index contributed by atoms with van der Waals surface area (Å²) in [5.74, 6) is 0.117. The van der Waals surface area contributed by atoms with Gasteiger partial charge in [-0.2, -0.15) is 0 Å². The smallest absolute Gasteiger partial charge is 0.167 e. The van der Waals surface area contributed by atoms with Crippen LogP contribution in [0, 0.1) is 12.1 Å². The monoisotopic (exact) mass is 194 g/mol. The Balaban J connectivity index is 2.12. The number of benzene rings is 1. The van der Waals surface area contributed by atoms with Crippen LogP contribution in [0.4, 0.5) is 0 Å². The summed E-state index contributed by atoms with van der Waals surface area (Å²) in [6, 6.07) is 20.6. The fraction of sp³-hybridized carbons (Fsp3) is 0.0714. The summed E-state index contributed by atoms with van der Waals surface area (Å²) in [4.78, 5) is 11.8. The third kappa shape index (κ3) is 2.45. The maximum atomic E-state index is 11.8. The SMILES string of the molecule is O=C(Cc1c#cccc1)c1ccccc1. The second-order valence-corrected chi connectivity index (χ2v) is 3.29. The van der Waals surface area contributed by atoms with E-state index in [2.05, 4.69) is 12.1 Å². The minimum atomic E-state index is 0.117. The lowest BCUT2D eigenvalue weighted by atomic mass is 10.0. The summed E-state index contributed by atoms with van der Waals surface area (Å²) in [7, 11) is 0. The molecule has 1 heteroatoms. The van der Waals surface area contributed by atoms with Crippen LogP contribution >= 0.6 is 0 Å². The van der Waals surface area contributed by atoms with Crippen LogP contribution < -0.4 is 0 Å². The van der Waals surface area contributed by atoms with Crippen LogP contribution in [0.3, 0.4) is 0 Å². The first-order chi connectivity index (χ1) is 7.36. The maximum Gasteiger partial charge on any atom is 0.167 e. The highest BCUT2D eigenvalue weighted by Crippen LogP contribution is 2.05. The molecule has 0 heterocycles. The van der Waals surface area contributed by atoms with Gasteiger partial charge >= 0.3 is 0 Å². The van der Waals surface area contributed by atoms with Gasteiger partial charge in [0.05, 0.1) is 0 Å². The number of hydrogen-bond acceptors (Lipinski definition) is 1. The highest BCUT2D eigenvalue weighted by Gasteiger charge is 2.05. The zero-order valence-electron chi connectivity index (χ0n) is 8.23. The molecule has 0 aliphatic heterocycles. The number of carbonyl (C=O) groups is 1. The van der Waals surface area contributed by atoms with E-state index < -0.39 is 0 Å². The van der Waals surface area contributed by atoms with Gasteiger partial charge in [0.1, 0.15) is 0 Å². The zero-order valence-corrected chi connectivity index (χ0v) is 8.23. The number of hydrogen-bond donors (Lipinski definition) is 0. The molecule has 0 aliphatic carbocycles. The molecule has 0 aliphatic rings. The molecule has 2 rings (SSSR count). The van der Waals surface area contributed by atoms with E-state index in [4.69, 9.17) is 0 Å². The Morgan fingerprint density at radius 3 is 2.53 bits per heavy atom. The van der Waals surface area contributed by atoms with Gasteiger partial charge in [-0.3, -0.25) is 4.79 Å². The van der Waals surface area contributed by atoms with Gasteiger partial charge in [0.2, 0.25) is 0 Å². The predicted molar refractivity (Wildman–Crippen MR) is 58.6 cm³/mol. The van der Waals surface area contributed by atoms with Gasteiger partial charge in [0.25, 0.3) is 0 Å². The van der Waals surface area contributed by atoms with E-state index in [0.717, 1.165) is 11.1 Å². The second-order valence-electron chi connectivity index (χ2n) is 3.29. The molecule has 2 aromatic rings. The van der Waals surface area contributed by atoms with E-state index in [1.165, 1.54) is 0 Å². The maximum absolute atomic E-state index is 11.8. The molecule has 0 saturated carbocycles. The number of carbonyl (C=O) groups excluding carboxylic acids is 1. The molecule has 0 aromatic heterocycles. The van der Waals surface area contributed by atoms with Crippen LogP contribution in [0.15, 0.2) is 48.5 Å². The Labute approximate surface area is 89.4 Å². The van der Waals surface area contributed by atoms with Crippen molar-refractivity contribution in [3.05, 3.63) is 71.8 Å². The highest BCUT2D eigenvalue weighted by molar-refractivity contribution is 5.97. The Morgan fingerprint density at radius 2 is 1.87 bits per heavy atom. The van der Waals surface area contributed by atoms with Crippen LogP contribution in [0.1, 0.15) is 15.9 Å². The van der Waals surface area contributed by atoms with E-state index in [1.807, 2.05) is 42.5 Å². The van der Waals surface area contributed by atoms with E-state index in [9.17, 15) is 4.79 Å². The van der Waals surface area contributed by atoms with Gasteiger partial charge in [-0.1, -0.05) is 48.5 Å². The van der Waals surface area contributed by atoms with Crippen molar-refractivity contribution in [2.75, 3.05) is 0 Å². The second kappa shape index (κ2) is 4.43. The van der Waals surface area contributed by atoms with Crippen LogP contribution in [0.5, 0.6) is 0 Å². The summed E-state index contributed by atoms with van der Waals surface area (Å²) in [6.07, 6.45) is 0.390. The number of rotatable bonds is 3. The van der Waals surface area contributed by atoms with Crippen LogP contribution in [0.25, 0.3) is 0 Å². The highest BCUT2D eigenvalue weighted by atomic mass is 16.1. The van der Waals surface area contributed by atoms with Crippen molar-refractivity contribution < 1.29 is 4.79 Å². The topological polar surface area (TPSA) is 17.1 Å². The van der Waals surface area contributed by atoms with Gasteiger partial charge in [-0.25, -0.2) is 0 Å². The number of ketones is 1. The molecular formula is C14H10O. The van der Waals surface area contributed by atoms with Crippen molar-refractivity contribution in [2.24, 2.45) is 0 Å². The summed E-state index contributed by atoms with van der Waals surface area (Å²) >= 11 is 0. The van der Waals surface area contributed by atoms with E-state index >= 15 is 0 Å². The molecule has 2 aromatic carbocycles. The number of Topliss-reactive ketones (excluding diaryl/α,β-unsaturated/α-hetero) is 1. The minimum absolute atomic E-state index is 0.117. The average Bonchev–Trinajstić information content (AvgIpc) is 2.31. The molecule has 0 fully saturated rings. The first-order valence-corrected chi connectivity index (χ1v) is 4.82. The van der Waals surface area contributed by atoms with E-state index in [1.54, 1.807) is 6.07 Å². The van der Waals surface area contributed by atoms with Crippen molar-refractivity contribution in [3.63, 3.8) is 0 Å². The minimum Gasteiger partial charge on any atom is -0.294 e. The van der Waals surface area contributed by atoms with Crippen LogP contribution in [-0.4, -0.2) is 5.78 Å². The molecule has 0 saturated heterocycles. The lowest BCUT2D eigenvalue weighted by Gasteiger charge is -1.98. The Bertz CT molecular complexity index is 431. The molecule has 0 atom stereocenters. The predicted octanol–water partition coefficient (Wildman–Crippen LogP) is 2.71. The molecule has 0 amide bonds. The molecule has 0 radical (unpaired) electrons. The fourth-order valence-corrected chi connectivity index (χ4v) is 1.39. The van der Waals surface area contributed by atoms with Gasteiger partial charge in [0.15, 0.2) is 5.78 Å². The van der Waals surface area contributed by atoms with Crippen molar-refractivity contribution in [1.29, 1.82) is 0 Å². The van der Waals surface area contributed by atoms with Gasteiger partial charge in [-0.15, -0.1) is 0 Å². The zero-order chi connectivity index (χ0) is 10.5. The fourth-order valence-electron chi connectivity index (χ4n) is 1.39. The lowest BCUT2D eigenvalue weighted by molar-refractivity contribution is 0.0993. The first kappa shape index (κ1) is 9.48. The normalized spacial score (nSPS) is 9.33. The molecule has 0 bridgehead atoms. The van der Waals surface area contributed by atoms with E-state index in [0.29, 0.717) is 6.42 Å². The van der Waals surface area contributed by atoms with Crippen molar-refractivity contribution in [3.8, 4) is 0 Å². The van der Waals surface area contributed by atoms with Crippen LogP contribution in [-0.2, 0) is 6.42 Å². The molecule has 0 spiro atoms. The third-order valence-electron chi connectivity index (χ3n) is 2.16. The lowest BCUT2D eigenvalue weighted by Crippen LogP contribution is -2.02. The van der Waals surface area contributed by atoms with Crippen LogP contribution in [0.2, 0.25) is 0 Å².